The van der Waals surface area contributed by atoms with Crippen molar-refractivity contribution in [3.63, 3.8) is 0 Å². The van der Waals surface area contributed by atoms with Gasteiger partial charge in [0.2, 0.25) is 0 Å². The summed E-state index contributed by atoms with van der Waals surface area (Å²) < 4.78 is 3.66. The van der Waals surface area contributed by atoms with Gasteiger partial charge in [-0.15, -0.1) is 0 Å². The number of likely N-dealkylation sites (N-methyl/N-ethyl adjacent to an activating group) is 1. The molecule has 0 spiro atoms. The van der Waals surface area contributed by atoms with E-state index < -0.39 is 0 Å². The van der Waals surface area contributed by atoms with Gasteiger partial charge in [0.15, 0.2) is 0 Å². The molecule has 0 bridgehead atoms. The quantitative estimate of drug-likeness (QED) is 0.735. The Hall–Kier alpha value is 0. The zero-order valence-corrected chi connectivity index (χ0v) is 16.7. The smallest absolute Gasteiger partial charge is 0.0766 e. The maximum Gasteiger partial charge on any atom is 0.0766 e. The van der Waals surface area contributed by atoms with Crippen LogP contribution in [-0.2, 0) is 19.4 Å². The van der Waals surface area contributed by atoms with E-state index in [1.54, 1.807) is 0 Å². The maximum atomic E-state index is 4.70. The number of aromatic nitrogens is 2. The van der Waals surface area contributed by atoms with Crippen LogP contribution in [-0.4, -0.2) is 32.9 Å². The predicted molar refractivity (Wildman–Crippen MR) is 98.4 cm³/mol. The number of hydrogen-bond acceptors (Lipinski definition) is 3. The van der Waals surface area contributed by atoms with Crippen LogP contribution >= 0.6 is 27.7 Å². The summed E-state index contributed by atoms with van der Waals surface area (Å²) >= 11 is 5.78. The molecule has 0 saturated heterocycles. The van der Waals surface area contributed by atoms with Crippen molar-refractivity contribution in [2.75, 3.05) is 12.3 Å². The van der Waals surface area contributed by atoms with Crippen molar-refractivity contribution in [1.82, 2.24) is 15.1 Å². The molecule has 0 radical (unpaired) electrons. The summed E-state index contributed by atoms with van der Waals surface area (Å²) in [5.74, 6) is 1.13. The number of thioether (sulfide) groups is 1. The van der Waals surface area contributed by atoms with Gasteiger partial charge >= 0.3 is 0 Å². The maximum absolute atomic E-state index is 4.70. The van der Waals surface area contributed by atoms with E-state index in [0.29, 0.717) is 10.8 Å². The molecular formula is C16H30BrN3S. The van der Waals surface area contributed by atoms with Crippen molar-refractivity contribution in [3.05, 3.63) is 15.9 Å². The van der Waals surface area contributed by atoms with Gasteiger partial charge in [-0.1, -0.05) is 34.6 Å². The van der Waals surface area contributed by atoms with E-state index in [-0.39, 0.29) is 0 Å². The molecular weight excluding hydrogens is 346 g/mol. The molecule has 1 unspecified atom stereocenters. The molecule has 1 rings (SSSR count). The van der Waals surface area contributed by atoms with Crippen LogP contribution in [0.2, 0.25) is 0 Å². The van der Waals surface area contributed by atoms with Crippen LogP contribution in [0, 0.1) is 0 Å². The highest BCUT2D eigenvalue weighted by atomic mass is 79.9. The molecule has 0 fully saturated rings. The fraction of sp³-hybridized carbons (Fsp3) is 0.812. The fourth-order valence-corrected chi connectivity index (χ4v) is 3.94. The summed E-state index contributed by atoms with van der Waals surface area (Å²) in [7, 11) is 0. The van der Waals surface area contributed by atoms with Gasteiger partial charge in [0.1, 0.15) is 0 Å². The standard InChI is InChI=1S/C16H30BrN3S/c1-7-13-15(17)14(20(9-3)19-13)10-12(18-8-2)11-21-16(4,5)6/h12,18H,7-11H2,1-6H3. The van der Waals surface area contributed by atoms with Crippen LogP contribution < -0.4 is 5.32 Å². The highest BCUT2D eigenvalue weighted by Gasteiger charge is 2.20. The summed E-state index contributed by atoms with van der Waals surface area (Å²) in [5, 5.41) is 8.33. The van der Waals surface area contributed by atoms with E-state index in [2.05, 4.69) is 67.5 Å². The Balaban J connectivity index is 2.85. The number of nitrogens with one attached hydrogen (secondary N) is 1. The molecule has 0 aromatic carbocycles. The van der Waals surface area contributed by atoms with Crippen LogP contribution in [0.4, 0.5) is 0 Å². The Bertz CT molecular complexity index is 437. The minimum Gasteiger partial charge on any atom is -0.313 e. The van der Waals surface area contributed by atoms with Crippen molar-refractivity contribution in [2.45, 2.75) is 71.7 Å². The lowest BCUT2D eigenvalue weighted by Crippen LogP contribution is -2.35. The molecule has 5 heteroatoms. The third kappa shape index (κ3) is 5.95. The third-order valence-corrected chi connectivity index (χ3v) is 5.69. The van der Waals surface area contributed by atoms with E-state index >= 15 is 0 Å². The summed E-state index contributed by atoms with van der Waals surface area (Å²) in [6.45, 7) is 15.3. The molecule has 1 aromatic rings. The first kappa shape index (κ1) is 19.0. The molecule has 3 nitrogen and oxygen atoms in total. The zero-order chi connectivity index (χ0) is 16.0. The highest BCUT2D eigenvalue weighted by Crippen LogP contribution is 2.27. The topological polar surface area (TPSA) is 29.9 Å². The molecule has 0 amide bonds. The average Bonchev–Trinajstić information content (AvgIpc) is 2.72. The van der Waals surface area contributed by atoms with Crippen molar-refractivity contribution in [1.29, 1.82) is 0 Å². The number of halogens is 1. The Morgan fingerprint density at radius 1 is 1.29 bits per heavy atom. The predicted octanol–water partition coefficient (Wildman–Crippen LogP) is 4.28. The molecule has 0 aliphatic rings. The number of aryl methyl sites for hydroxylation is 2. The van der Waals surface area contributed by atoms with Gasteiger partial charge in [0.25, 0.3) is 0 Å². The molecule has 1 heterocycles. The van der Waals surface area contributed by atoms with Crippen LogP contribution in [0.5, 0.6) is 0 Å². The van der Waals surface area contributed by atoms with Gasteiger partial charge in [-0.2, -0.15) is 16.9 Å². The van der Waals surface area contributed by atoms with Crippen LogP contribution in [0.3, 0.4) is 0 Å². The number of nitrogens with zero attached hydrogens (tertiary/aromatic N) is 2. The van der Waals surface area contributed by atoms with Gasteiger partial charge < -0.3 is 5.32 Å². The van der Waals surface area contributed by atoms with E-state index in [0.717, 1.165) is 31.7 Å². The summed E-state index contributed by atoms with van der Waals surface area (Å²) in [5.41, 5.74) is 2.50. The first-order valence-electron chi connectivity index (χ1n) is 7.93. The average molecular weight is 376 g/mol. The molecule has 1 atom stereocenters. The van der Waals surface area contributed by atoms with Gasteiger partial charge in [-0.25, -0.2) is 0 Å². The van der Waals surface area contributed by atoms with Gasteiger partial charge in [-0.05, 0) is 35.8 Å². The minimum absolute atomic E-state index is 0.310. The van der Waals surface area contributed by atoms with Gasteiger partial charge in [0, 0.05) is 29.5 Å². The van der Waals surface area contributed by atoms with Crippen molar-refractivity contribution in [3.8, 4) is 0 Å². The number of hydrogen-bond donors (Lipinski definition) is 1. The van der Waals surface area contributed by atoms with Crippen LogP contribution in [0.15, 0.2) is 4.47 Å². The molecule has 122 valence electrons. The second kappa shape index (κ2) is 8.59. The van der Waals surface area contributed by atoms with Crippen LogP contribution in [0.1, 0.15) is 52.9 Å². The number of rotatable bonds is 8. The van der Waals surface area contributed by atoms with Gasteiger partial charge in [0.05, 0.1) is 15.9 Å². The highest BCUT2D eigenvalue weighted by molar-refractivity contribution is 9.10. The molecule has 0 aliphatic carbocycles. The van der Waals surface area contributed by atoms with E-state index in [1.165, 1.54) is 15.9 Å². The van der Waals surface area contributed by atoms with E-state index in [1.807, 2.05) is 11.8 Å². The Labute approximate surface area is 142 Å². The molecule has 21 heavy (non-hydrogen) atoms. The van der Waals surface area contributed by atoms with Crippen LogP contribution in [0.25, 0.3) is 0 Å². The zero-order valence-electron chi connectivity index (χ0n) is 14.3. The lowest BCUT2D eigenvalue weighted by molar-refractivity contribution is 0.531. The third-order valence-electron chi connectivity index (χ3n) is 3.34. The van der Waals surface area contributed by atoms with Gasteiger partial charge in [-0.3, -0.25) is 4.68 Å². The SMILES string of the molecule is CCNC(CSC(C)(C)C)Cc1c(Br)c(CC)nn1CC. The molecule has 0 aliphatic heterocycles. The van der Waals surface area contributed by atoms with E-state index in [9.17, 15) is 0 Å². The first-order chi connectivity index (χ1) is 9.82. The largest absolute Gasteiger partial charge is 0.313 e. The van der Waals surface area contributed by atoms with E-state index in [4.69, 9.17) is 5.10 Å². The second-order valence-corrected chi connectivity index (χ2v) is 8.90. The minimum atomic E-state index is 0.310. The summed E-state index contributed by atoms with van der Waals surface area (Å²) in [6.07, 6.45) is 2.00. The van der Waals surface area contributed by atoms with Crippen molar-refractivity contribution < 1.29 is 0 Å². The Kier molecular flexibility index (Phi) is 7.79. The molecule has 1 N–H and O–H groups in total. The Morgan fingerprint density at radius 2 is 1.95 bits per heavy atom. The molecule has 0 saturated carbocycles. The summed E-state index contributed by atoms with van der Waals surface area (Å²) in [6, 6.07) is 0.488. The first-order valence-corrected chi connectivity index (χ1v) is 9.71. The normalized spacial score (nSPS) is 13.7. The lowest BCUT2D eigenvalue weighted by Gasteiger charge is -2.24. The fourth-order valence-electron chi connectivity index (χ4n) is 2.27. The van der Waals surface area contributed by atoms with Crippen molar-refractivity contribution >= 4 is 27.7 Å². The monoisotopic (exact) mass is 375 g/mol. The second-order valence-electron chi connectivity index (χ2n) is 6.26. The van der Waals surface area contributed by atoms with Crippen molar-refractivity contribution in [2.24, 2.45) is 0 Å². The Morgan fingerprint density at radius 3 is 2.43 bits per heavy atom. The summed E-state index contributed by atoms with van der Waals surface area (Å²) in [4.78, 5) is 0. The molecule has 1 aromatic heterocycles. The lowest BCUT2D eigenvalue weighted by atomic mass is 10.1.